The van der Waals surface area contributed by atoms with Gasteiger partial charge < -0.3 is 11.1 Å². The van der Waals surface area contributed by atoms with E-state index in [2.05, 4.69) is 15.6 Å². The summed E-state index contributed by atoms with van der Waals surface area (Å²) in [6, 6.07) is 6.45. The first-order valence-corrected chi connectivity index (χ1v) is 6.30. The zero-order valence-electron chi connectivity index (χ0n) is 9.53. The molecule has 0 saturated carbocycles. The van der Waals surface area contributed by atoms with E-state index in [4.69, 9.17) is 17.3 Å². The SMILES string of the molecule is Cc1nc(NC(=O)Nc2ccc(Cl)cc2)sc1N. The number of aryl methyl sites for hydroxylation is 1. The number of nitrogen functional groups attached to an aromatic ring is 1. The molecule has 0 radical (unpaired) electrons. The molecule has 0 bridgehead atoms. The minimum Gasteiger partial charge on any atom is -0.389 e. The molecule has 0 fully saturated rings. The van der Waals surface area contributed by atoms with Crippen LogP contribution in [0.2, 0.25) is 5.02 Å². The molecule has 1 aromatic heterocycles. The summed E-state index contributed by atoms with van der Waals surface area (Å²) >= 11 is 6.98. The average Bonchev–Trinajstić information content (AvgIpc) is 2.61. The van der Waals surface area contributed by atoms with E-state index in [0.29, 0.717) is 26.5 Å². The fourth-order valence-corrected chi connectivity index (χ4v) is 2.11. The number of nitrogens with zero attached hydrogens (tertiary/aromatic N) is 1. The van der Waals surface area contributed by atoms with Gasteiger partial charge in [-0.3, -0.25) is 5.32 Å². The van der Waals surface area contributed by atoms with Crippen molar-refractivity contribution in [2.24, 2.45) is 0 Å². The van der Waals surface area contributed by atoms with E-state index in [9.17, 15) is 4.79 Å². The molecule has 4 N–H and O–H groups in total. The number of urea groups is 1. The lowest BCUT2D eigenvalue weighted by molar-refractivity contribution is 0.262. The molecule has 94 valence electrons. The van der Waals surface area contributed by atoms with Crippen molar-refractivity contribution in [1.29, 1.82) is 0 Å². The molecule has 0 saturated heterocycles. The molecular formula is C11H11ClN4OS. The number of amides is 2. The average molecular weight is 283 g/mol. The quantitative estimate of drug-likeness (QED) is 0.790. The van der Waals surface area contributed by atoms with Gasteiger partial charge in [-0.25, -0.2) is 9.78 Å². The van der Waals surface area contributed by atoms with Crippen LogP contribution in [-0.4, -0.2) is 11.0 Å². The summed E-state index contributed by atoms with van der Waals surface area (Å²) < 4.78 is 0. The molecule has 18 heavy (non-hydrogen) atoms. The van der Waals surface area contributed by atoms with E-state index in [0.717, 1.165) is 0 Å². The molecule has 7 heteroatoms. The minimum atomic E-state index is -0.369. The lowest BCUT2D eigenvalue weighted by Gasteiger charge is -2.04. The molecule has 1 heterocycles. The largest absolute Gasteiger partial charge is 0.389 e. The molecule has 2 aromatic rings. The fraction of sp³-hybridized carbons (Fsp3) is 0.0909. The van der Waals surface area contributed by atoms with E-state index in [-0.39, 0.29) is 6.03 Å². The van der Waals surface area contributed by atoms with Crippen LogP contribution >= 0.6 is 22.9 Å². The molecule has 2 amide bonds. The highest BCUT2D eigenvalue weighted by Gasteiger charge is 2.08. The Bertz CT molecular complexity index is 547. The monoisotopic (exact) mass is 282 g/mol. The van der Waals surface area contributed by atoms with Crippen LogP contribution in [0, 0.1) is 6.92 Å². The predicted octanol–water partition coefficient (Wildman–Crippen LogP) is 3.33. The van der Waals surface area contributed by atoms with Gasteiger partial charge in [-0.1, -0.05) is 22.9 Å². The second-order valence-corrected chi connectivity index (χ2v) is 5.02. The van der Waals surface area contributed by atoms with Gasteiger partial charge in [-0.2, -0.15) is 0 Å². The number of thiazole rings is 1. The van der Waals surface area contributed by atoms with Crippen LogP contribution in [0.3, 0.4) is 0 Å². The van der Waals surface area contributed by atoms with Crippen LogP contribution in [-0.2, 0) is 0 Å². The normalized spacial score (nSPS) is 10.1. The van der Waals surface area contributed by atoms with Crippen LogP contribution in [0.5, 0.6) is 0 Å². The number of nitrogens with one attached hydrogen (secondary N) is 2. The topological polar surface area (TPSA) is 80.0 Å². The van der Waals surface area contributed by atoms with Gasteiger partial charge in [0.15, 0.2) is 5.13 Å². The van der Waals surface area contributed by atoms with Crippen molar-refractivity contribution in [3.63, 3.8) is 0 Å². The predicted molar refractivity (Wildman–Crippen MR) is 75.4 cm³/mol. The zero-order valence-corrected chi connectivity index (χ0v) is 11.1. The zero-order chi connectivity index (χ0) is 13.1. The van der Waals surface area contributed by atoms with Crippen LogP contribution in [0.4, 0.5) is 20.6 Å². The van der Waals surface area contributed by atoms with E-state index < -0.39 is 0 Å². The number of nitrogens with two attached hydrogens (primary N) is 1. The molecule has 1 aromatic carbocycles. The third-order valence-corrected chi connectivity index (χ3v) is 3.31. The van der Waals surface area contributed by atoms with E-state index in [1.807, 2.05) is 0 Å². The molecule has 2 rings (SSSR count). The van der Waals surface area contributed by atoms with Crippen molar-refractivity contribution < 1.29 is 4.79 Å². The number of benzene rings is 1. The molecule has 0 spiro atoms. The third kappa shape index (κ3) is 3.12. The van der Waals surface area contributed by atoms with Crippen LogP contribution < -0.4 is 16.4 Å². The van der Waals surface area contributed by atoms with E-state index in [1.54, 1.807) is 31.2 Å². The fourth-order valence-electron chi connectivity index (χ4n) is 1.25. The first-order valence-electron chi connectivity index (χ1n) is 5.11. The van der Waals surface area contributed by atoms with Crippen molar-refractivity contribution in [3.05, 3.63) is 35.0 Å². The van der Waals surface area contributed by atoms with Gasteiger partial charge in [0.1, 0.15) is 5.00 Å². The Morgan fingerprint density at radius 1 is 1.33 bits per heavy atom. The summed E-state index contributed by atoms with van der Waals surface area (Å²) in [6.07, 6.45) is 0. The van der Waals surface area contributed by atoms with Crippen molar-refractivity contribution >= 4 is 44.8 Å². The van der Waals surface area contributed by atoms with Crippen LogP contribution in [0.25, 0.3) is 0 Å². The van der Waals surface area contributed by atoms with Crippen LogP contribution in [0.1, 0.15) is 5.69 Å². The number of anilines is 3. The Morgan fingerprint density at radius 2 is 2.00 bits per heavy atom. The summed E-state index contributed by atoms with van der Waals surface area (Å²) in [6.45, 7) is 1.79. The van der Waals surface area contributed by atoms with Gasteiger partial charge in [-0.15, -0.1) is 0 Å². The lowest BCUT2D eigenvalue weighted by atomic mass is 10.3. The second-order valence-electron chi connectivity index (χ2n) is 3.55. The summed E-state index contributed by atoms with van der Waals surface area (Å²) in [5.41, 5.74) is 7.02. The van der Waals surface area contributed by atoms with Gasteiger partial charge in [-0.05, 0) is 31.2 Å². The molecule has 0 aliphatic rings. The number of rotatable bonds is 2. The van der Waals surface area contributed by atoms with Crippen molar-refractivity contribution in [2.75, 3.05) is 16.4 Å². The van der Waals surface area contributed by atoms with Crippen molar-refractivity contribution in [1.82, 2.24) is 4.98 Å². The van der Waals surface area contributed by atoms with E-state index in [1.165, 1.54) is 11.3 Å². The first kappa shape index (κ1) is 12.7. The van der Waals surface area contributed by atoms with Gasteiger partial charge in [0.2, 0.25) is 0 Å². The Labute approximate surface area is 113 Å². The number of carbonyl (C=O) groups excluding carboxylic acids is 1. The number of hydrogen-bond donors (Lipinski definition) is 3. The molecule has 5 nitrogen and oxygen atoms in total. The van der Waals surface area contributed by atoms with Gasteiger partial charge >= 0.3 is 6.03 Å². The maximum Gasteiger partial charge on any atom is 0.325 e. The molecule has 0 unspecified atom stereocenters. The molecular weight excluding hydrogens is 272 g/mol. The Hall–Kier alpha value is -1.79. The highest BCUT2D eigenvalue weighted by atomic mass is 35.5. The summed E-state index contributed by atoms with van der Waals surface area (Å²) in [5, 5.41) is 6.95. The van der Waals surface area contributed by atoms with Crippen molar-refractivity contribution in [3.8, 4) is 0 Å². The Kier molecular flexibility index (Phi) is 3.69. The summed E-state index contributed by atoms with van der Waals surface area (Å²) in [4.78, 5) is 15.8. The lowest BCUT2D eigenvalue weighted by Crippen LogP contribution is -2.19. The molecule has 0 atom stereocenters. The Morgan fingerprint density at radius 3 is 2.56 bits per heavy atom. The highest BCUT2D eigenvalue weighted by Crippen LogP contribution is 2.24. The summed E-state index contributed by atoms with van der Waals surface area (Å²) in [5.74, 6) is 0. The number of halogens is 1. The Balaban J connectivity index is 1.98. The smallest absolute Gasteiger partial charge is 0.325 e. The van der Waals surface area contributed by atoms with Crippen LogP contribution in [0.15, 0.2) is 24.3 Å². The number of aromatic nitrogens is 1. The number of carbonyl (C=O) groups is 1. The van der Waals surface area contributed by atoms with Gasteiger partial charge in [0.25, 0.3) is 0 Å². The van der Waals surface area contributed by atoms with Crippen molar-refractivity contribution in [2.45, 2.75) is 6.92 Å². The number of hydrogen-bond acceptors (Lipinski definition) is 4. The van der Waals surface area contributed by atoms with Gasteiger partial charge in [0, 0.05) is 10.7 Å². The molecule has 0 aliphatic carbocycles. The van der Waals surface area contributed by atoms with E-state index >= 15 is 0 Å². The summed E-state index contributed by atoms with van der Waals surface area (Å²) in [7, 11) is 0. The third-order valence-electron chi connectivity index (χ3n) is 2.16. The minimum absolute atomic E-state index is 0.369. The highest BCUT2D eigenvalue weighted by molar-refractivity contribution is 7.19. The van der Waals surface area contributed by atoms with Gasteiger partial charge in [0.05, 0.1) is 5.69 Å². The second kappa shape index (κ2) is 5.24. The molecule has 0 aliphatic heterocycles. The maximum absolute atomic E-state index is 11.7. The first-order chi connectivity index (χ1) is 8.54. The standard InChI is InChI=1S/C11H11ClN4OS/c1-6-9(13)18-11(14-6)16-10(17)15-8-4-2-7(12)3-5-8/h2-5H,13H2,1H3,(H2,14,15,16,17). The maximum atomic E-state index is 11.7.